The first kappa shape index (κ1) is 12.8. The molecule has 0 saturated heterocycles. The van der Waals surface area contributed by atoms with Gasteiger partial charge >= 0.3 is 6.18 Å². The van der Waals surface area contributed by atoms with Crippen molar-refractivity contribution < 1.29 is 17.9 Å². The first-order chi connectivity index (χ1) is 8.50. The van der Waals surface area contributed by atoms with E-state index in [1.54, 1.807) is 13.2 Å². The minimum Gasteiger partial charge on any atom is -0.501 e. The van der Waals surface area contributed by atoms with Crippen molar-refractivity contribution >= 4 is 5.69 Å². The summed E-state index contributed by atoms with van der Waals surface area (Å²) in [6.07, 6.45) is -1.68. The number of methoxy groups -OCH3 is 1. The molecule has 1 aliphatic heterocycles. The van der Waals surface area contributed by atoms with Gasteiger partial charge in [0, 0.05) is 25.2 Å². The van der Waals surface area contributed by atoms with Crippen molar-refractivity contribution in [3.63, 3.8) is 0 Å². The van der Waals surface area contributed by atoms with Crippen molar-refractivity contribution in [2.75, 3.05) is 25.1 Å². The highest BCUT2D eigenvalue weighted by molar-refractivity contribution is 5.50. The predicted molar refractivity (Wildman–Crippen MR) is 63.4 cm³/mol. The van der Waals surface area contributed by atoms with Crippen LogP contribution in [0.5, 0.6) is 0 Å². The van der Waals surface area contributed by atoms with Crippen LogP contribution in [0.1, 0.15) is 12.0 Å². The smallest absolute Gasteiger partial charge is 0.416 e. The van der Waals surface area contributed by atoms with Crippen LogP contribution in [0.15, 0.2) is 36.1 Å². The molecule has 0 amide bonds. The molecule has 5 heteroatoms. The number of benzene rings is 1. The Hall–Kier alpha value is -1.65. The van der Waals surface area contributed by atoms with E-state index < -0.39 is 11.7 Å². The fourth-order valence-corrected chi connectivity index (χ4v) is 1.95. The summed E-state index contributed by atoms with van der Waals surface area (Å²) in [4.78, 5) is 1.90. The number of halogens is 3. The van der Waals surface area contributed by atoms with Gasteiger partial charge in [0.2, 0.25) is 0 Å². The van der Waals surface area contributed by atoms with Crippen molar-refractivity contribution in [2.24, 2.45) is 0 Å². The zero-order valence-corrected chi connectivity index (χ0v) is 10.00. The van der Waals surface area contributed by atoms with Gasteiger partial charge < -0.3 is 9.64 Å². The molecule has 0 saturated carbocycles. The molecular formula is C13H14F3NO. The molecule has 2 rings (SSSR count). The monoisotopic (exact) mass is 257 g/mol. The second-order valence-electron chi connectivity index (χ2n) is 4.12. The van der Waals surface area contributed by atoms with Crippen molar-refractivity contribution in [1.82, 2.24) is 0 Å². The molecule has 18 heavy (non-hydrogen) atoms. The molecule has 0 unspecified atom stereocenters. The molecule has 98 valence electrons. The van der Waals surface area contributed by atoms with Gasteiger partial charge in [-0.1, -0.05) is 6.07 Å². The number of hydrogen-bond donors (Lipinski definition) is 0. The first-order valence-corrected chi connectivity index (χ1v) is 5.66. The maximum absolute atomic E-state index is 12.6. The SMILES string of the molecule is COC1=CCN(c2cccc(C(F)(F)F)c2)CC1. The van der Waals surface area contributed by atoms with Crippen molar-refractivity contribution in [1.29, 1.82) is 0 Å². The minimum absolute atomic E-state index is 0.574. The van der Waals surface area contributed by atoms with Crippen molar-refractivity contribution in [3.05, 3.63) is 41.7 Å². The van der Waals surface area contributed by atoms with Crippen LogP contribution in [0.3, 0.4) is 0 Å². The number of nitrogens with zero attached hydrogens (tertiary/aromatic N) is 1. The Morgan fingerprint density at radius 1 is 1.28 bits per heavy atom. The van der Waals surface area contributed by atoms with E-state index in [2.05, 4.69) is 0 Å². The van der Waals surface area contributed by atoms with E-state index in [9.17, 15) is 13.2 Å². The lowest BCUT2D eigenvalue weighted by Crippen LogP contribution is -2.29. The third-order valence-corrected chi connectivity index (χ3v) is 2.97. The van der Waals surface area contributed by atoms with Crippen LogP contribution in [0.2, 0.25) is 0 Å². The van der Waals surface area contributed by atoms with Gasteiger partial charge in [-0.05, 0) is 24.3 Å². The first-order valence-electron chi connectivity index (χ1n) is 5.66. The Labute approximate surface area is 104 Å². The third kappa shape index (κ3) is 2.78. The molecule has 0 N–H and O–H groups in total. The molecule has 1 aromatic rings. The third-order valence-electron chi connectivity index (χ3n) is 2.97. The highest BCUT2D eigenvalue weighted by Crippen LogP contribution is 2.32. The van der Waals surface area contributed by atoms with Crippen molar-refractivity contribution in [2.45, 2.75) is 12.6 Å². The van der Waals surface area contributed by atoms with Crippen LogP contribution >= 0.6 is 0 Å². The number of ether oxygens (including phenoxy) is 1. The van der Waals surface area contributed by atoms with Crippen LogP contribution in [-0.2, 0) is 10.9 Å². The number of hydrogen-bond acceptors (Lipinski definition) is 2. The Bertz CT molecular complexity index is 454. The topological polar surface area (TPSA) is 12.5 Å². The van der Waals surface area contributed by atoms with Crippen LogP contribution in [0.25, 0.3) is 0 Å². The van der Waals surface area contributed by atoms with Crippen LogP contribution < -0.4 is 4.90 Å². The molecule has 1 aromatic carbocycles. The zero-order chi connectivity index (χ0) is 13.2. The summed E-state index contributed by atoms with van der Waals surface area (Å²) in [5, 5.41) is 0. The summed E-state index contributed by atoms with van der Waals surface area (Å²) >= 11 is 0. The van der Waals surface area contributed by atoms with Gasteiger partial charge in [0.25, 0.3) is 0 Å². The Balaban J connectivity index is 2.18. The maximum atomic E-state index is 12.6. The van der Waals surface area contributed by atoms with Gasteiger partial charge in [-0.15, -0.1) is 0 Å². The molecule has 2 nitrogen and oxygen atoms in total. The molecule has 0 aromatic heterocycles. The summed E-state index contributed by atoms with van der Waals surface area (Å²) in [6, 6.07) is 5.41. The molecule has 0 fully saturated rings. The van der Waals surface area contributed by atoms with Gasteiger partial charge in [0.1, 0.15) is 0 Å². The normalized spacial score (nSPS) is 16.4. The molecule has 0 radical (unpaired) electrons. The van der Waals surface area contributed by atoms with Crippen LogP contribution in [-0.4, -0.2) is 20.2 Å². The molecule has 0 spiro atoms. The molecule has 0 aliphatic carbocycles. The lowest BCUT2D eigenvalue weighted by molar-refractivity contribution is -0.137. The Kier molecular flexibility index (Phi) is 3.50. The minimum atomic E-state index is -4.29. The zero-order valence-electron chi connectivity index (χ0n) is 10.00. The van der Waals surface area contributed by atoms with Gasteiger partial charge in [-0.2, -0.15) is 13.2 Å². The average Bonchev–Trinajstić information content (AvgIpc) is 2.38. The summed E-state index contributed by atoms with van der Waals surface area (Å²) in [6.45, 7) is 1.24. The van der Waals surface area contributed by atoms with E-state index in [0.29, 0.717) is 25.2 Å². The largest absolute Gasteiger partial charge is 0.501 e. The fourth-order valence-electron chi connectivity index (χ4n) is 1.95. The van der Waals surface area contributed by atoms with Crippen LogP contribution in [0.4, 0.5) is 18.9 Å². The van der Waals surface area contributed by atoms with Gasteiger partial charge in [0.05, 0.1) is 18.4 Å². The highest BCUT2D eigenvalue weighted by atomic mass is 19.4. The lowest BCUT2D eigenvalue weighted by atomic mass is 10.1. The quantitative estimate of drug-likeness (QED) is 0.804. The number of anilines is 1. The van der Waals surface area contributed by atoms with Crippen LogP contribution in [0, 0.1) is 0 Å². The lowest BCUT2D eigenvalue weighted by Gasteiger charge is -2.28. The summed E-state index contributed by atoms with van der Waals surface area (Å²) in [5.41, 5.74) is -0.0160. The number of rotatable bonds is 2. The van der Waals surface area contributed by atoms with E-state index >= 15 is 0 Å². The summed E-state index contributed by atoms with van der Waals surface area (Å²) in [5.74, 6) is 0.887. The molecule has 1 aliphatic rings. The Morgan fingerprint density at radius 2 is 2.06 bits per heavy atom. The molecule has 0 atom stereocenters. The average molecular weight is 257 g/mol. The van der Waals surface area contributed by atoms with E-state index in [1.165, 1.54) is 12.1 Å². The van der Waals surface area contributed by atoms with Crippen molar-refractivity contribution in [3.8, 4) is 0 Å². The standard InChI is InChI=1S/C13H14F3NO/c1-18-12-5-7-17(8-6-12)11-4-2-3-10(9-11)13(14,15)16/h2-5,9H,6-8H2,1H3. The molecule has 0 bridgehead atoms. The molecule has 1 heterocycles. The summed E-state index contributed by atoms with van der Waals surface area (Å²) < 4.78 is 42.9. The predicted octanol–water partition coefficient (Wildman–Crippen LogP) is 3.45. The van der Waals surface area contributed by atoms with E-state index in [4.69, 9.17) is 4.74 Å². The van der Waals surface area contributed by atoms with Gasteiger partial charge in [-0.3, -0.25) is 0 Å². The fraction of sp³-hybridized carbons (Fsp3) is 0.385. The van der Waals surface area contributed by atoms with Gasteiger partial charge in [0.15, 0.2) is 0 Å². The molecular weight excluding hydrogens is 243 g/mol. The highest BCUT2D eigenvalue weighted by Gasteiger charge is 2.30. The van der Waals surface area contributed by atoms with Gasteiger partial charge in [-0.25, -0.2) is 0 Å². The maximum Gasteiger partial charge on any atom is 0.416 e. The number of alkyl halides is 3. The van der Waals surface area contributed by atoms with E-state index in [0.717, 1.165) is 11.8 Å². The second-order valence-corrected chi connectivity index (χ2v) is 4.12. The van der Waals surface area contributed by atoms with E-state index in [-0.39, 0.29) is 0 Å². The van der Waals surface area contributed by atoms with E-state index in [1.807, 2.05) is 11.0 Å². The summed E-state index contributed by atoms with van der Waals surface area (Å²) in [7, 11) is 1.60. The Morgan fingerprint density at radius 3 is 2.61 bits per heavy atom. The second kappa shape index (κ2) is 4.92.